The molecule has 1 rings (SSSR count). The molecule has 0 amide bonds. The van der Waals surface area contributed by atoms with Crippen molar-refractivity contribution in [1.29, 1.82) is 5.26 Å². The van der Waals surface area contributed by atoms with Gasteiger partial charge >= 0.3 is 0 Å². The van der Waals surface area contributed by atoms with E-state index >= 15 is 0 Å². The highest BCUT2D eigenvalue weighted by atomic mass is 16.3. The molecule has 1 aliphatic rings. The number of rotatable bonds is 3. The largest absolute Gasteiger partial charge is 0.393 e. The second kappa shape index (κ2) is 5.33. The molecule has 0 bridgehead atoms. The third-order valence-corrected chi connectivity index (χ3v) is 3.10. The molecule has 2 N–H and O–H groups in total. The molecule has 0 aromatic rings. The standard InChI is InChI=1S/C11H20N2O/c1-8(7-12)9(2)13-10-4-3-5-11(14)6-10/h8-11,13-14H,3-6H2,1-2H3/t8?,9?,10-,11+/m0/s1. The van der Waals surface area contributed by atoms with E-state index in [-0.39, 0.29) is 18.1 Å². The zero-order chi connectivity index (χ0) is 10.6. The molecule has 0 heterocycles. The molecule has 0 saturated heterocycles. The maximum atomic E-state index is 9.48. The fourth-order valence-corrected chi connectivity index (χ4v) is 1.94. The quantitative estimate of drug-likeness (QED) is 0.718. The predicted octanol–water partition coefficient (Wildman–Crippen LogP) is 1.43. The molecule has 0 spiro atoms. The van der Waals surface area contributed by atoms with Crippen LogP contribution in [-0.4, -0.2) is 23.3 Å². The van der Waals surface area contributed by atoms with Crippen molar-refractivity contribution in [3.05, 3.63) is 0 Å². The fraction of sp³-hybridized carbons (Fsp3) is 0.909. The topological polar surface area (TPSA) is 56.0 Å². The van der Waals surface area contributed by atoms with Crippen molar-refractivity contribution in [3.8, 4) is 6.07 Å². The Labute approximate surface area is 86.1 Å². The summed E-state index contributed by atoms with van der Waals surface area (Å²) in [5.74, 6) is 0.0362. The Kier molecular flexibility index (Phi) is 4.37. The highest BCUT2D eigenvalue weighted by Gasteiger charge is 2.22. The summed E-state index contributed by atoms with van der Waals surface area (Å²) < 4.78 is 0. The van der Waals surface area contributed by atoms with Gasteiger partial charge in [0.2, 0.25) is 0 Å². The van der Waals surface area contributed by atoms with Crippen LogP contribution in [0.4, 0.5) is 0 Å². The first-order chi connectivity index (χ1) is 6.63. The number of nitriles is 1. The van der Waals surface area contributed by atoms with Gasteiger partial charge < -0.3 is 10.4 Å². The minimum Gasteiger partial charge on any atom is -0.393 e. The van der Waals surface area contributed by atoms with E-state index in [4.69, 9.17) is 5.26 Å². The van der Waals surface area contributed by atoms with Gasteiger partial charge in [0, 0.05) is 12.1 Å². The van der Waals surface area contributed by atoms with Crippen LogP contribution in [0.25, 0.3) is 0 Å². The maximum absolute atomic E-state index is 9.48. The van der Waals surface area contributed by atoms with Crippen LogP contribution in [0.3, 0.4) is 0 Å². The number of aliphatic hydroxyl groups excluding tert-OH is 1. The van der Waals surface area contributed by atoms with Crippen LogP contribution in [0, 0.1) is 17.2 Å². The van der Waals surface area contributed by atoms with Crippen LogP contribution in [0.5, 0.6) is 0 Å². The van der Waals surface area contributed by atoms with Gasteiger partial charge in [-0.15, -0.1) is 0 Å². The van der Waals surface area contributed by atoms with Crippen molar-refractivity contribution in [2.45, 2.75) is 57.7 Å². The van der Waals surface area contributed by atoms with Crippen LogP contribution in [0.2, 0.25) is 0 Å². The van der Waals surface area contributed by atoms with Crippen LogP contribution in [0.1, 0.15) is 39.5 Å². The van der Waals surface area contributed by atoms with Crippen LogP contribution in [-0.2, 0) is 0 Å². The van der Waals surface area contributed by atoms with Gasteiger partial charge in [0.1, 0.15) is 0 Å². The first kappa shape index (κ1) is 11.5. The van der Waals surface area contributed by atoms with E-state index < -0.39 is 0 Å². The zero-order valence-electron chi connectivity index (χ0n) is 9.03. The van der Waals surface area contributed by atoms with Crippen molar-refractivity contribution in [3.63, 3.8) is 0 Å². The smallest absolute Gasteiger partial charge is 0.0669 e. The monoisotopic (exact) mass is 196 g/mol. The summed E-state index contributed by atoms with van der Waals surface area (Å²) in [5.41, 5.74) is 0. The Morgan fingerprint density at radius 3 is 2.71 bits per heavy atom. The average Bonchev–Trinajstić information content (AvgIpc) is 2.16. The summed E-state index contributed by atoms with van der Waals surface area (Å²) >= 11 is 0. The van der Waals surface area contributed by atoms with Gasteiger partial charge in [-0.25, -0.2) is 0 Å². The van der Waals surface area contributed by atoms with E-state index in [1.165, 1.54) is 0 Å². The molecule has 0 aromatic carbocycles. The molecule has 1 aliphatic carbocycles. The molecule has 1 saturated carbocycles. The average molecular weight is 196 g/mol. The molecule has 14 heavy (non-hydrogen) atoms. The Morgan fingerprint density at radius 2 is 2.14 bits per heavy atom. The van der Waals surface area contributed by atoms with Gasteiger partial charge in [0.15, 0.2) is 0 Å². The Hall–Kier alpha value is -0.590. The summed E-state index contributed by atoms with van der Waals surface area (Å²) in [4.78, 5) is 0. The molecule has 80 valence electrons. The first-order valence-electron chi connectivity index (χ1n) is 5.47. The second-order valence-corrected chi connectivity index (χ2v) is 4.39. The van der Waals surface area contributed by atoms with E-state index in [0.29, 0.717) is 6.04 Å². The van der Waals surface area contributed by atoms with Crippen molar-refractivity contribution in [2.75, 3.05) is 0 Å². The van der Waals surface area contributed by atoms with Crippen molar-refractivity contribution >= 4 is 0 Å². The van der Waals surface area contributed by atoms with E-state index in [1.54, 1.807) is 0 Å². The lowest BCUT2D eigenvalue weighted by Crippen LogP contribution is -2.43. The van der Waals surface area contributed by atoms with Crippen LogP contribution in [0.15, 0.2) is 0 Å². The van der Waals surface area contributed by atoms with Crippen molar-refractivity contribution < 1.29 is 5.11 Å². The third kappa shape index (κ3) is 3.28. The SMILES string of the molecule is CC(C#N)C(C)N[C@H]1CCC[C@@H](O)C1. The normalized spacial score (nSPS) is 31.9. The minimum atomic E-state index is -0.147. The molecule has 3 nitrogen and oxygen atoms in total. The van der Waals surface area contributed by atoms with E-state index in [2.05, 4.69) is 11.4 Å². The molecular weight excluding hydrogens is 176 g/mol. The van der Waals surface area contributed by atoms with E-state index in [0.717, 1.165) is 25.7 Å². The van der Waals surface area contributed by atoms with Gasteiger partial charge in [0.05, 0.1) is 18.1 Å². The van der Waals surface area contributed by atoms with Crippen molar-refractivity contribution in [1.82, 2.24) is 5.32 Å². The second-order valence-electron chi connectivity index (χ2n) is 4.39. The molecule has 3 heteroatoms. The highest BCUT2D eigenvalue weighted by Crippen LogP contribution is 2.19. The number of aliphatic hydroxyl groups is 1. The lowest BCUT2D eigenvalue weighted by atomic mass is 9.91. The molecule has 0 radical (unpaired) electrons. The molecular formula is C11H20N2O. The Bertz CT molecular complexity index is 212. The van der Waals surface area contributed by atoms with Gasteiger partial charge in [-0.2, -0.15) is 5.26 Å². The number of hydrogen-bond acceptors (Lipinski definition) is 3. The lowest BCUT2D eigenvalue weighted by molar-refractivity contribution is 0.108. The zero-order valence-corrected chi connectivity index (χ0v) is 9.03. The van der Waals surface area contributed by atoms with Gasteiger partial charge in [-0.05, 0) is 39.5 Å². The number of hydrogen-bond donors (Lipinski definition) is 2. The number of nitrogens with one attached hydrogen (secondary N) is 1. The Morgan fingerprint density at radius 1 is 1.43 bits per heavy atom. The molecule has 0 aromatic heterocycles. The third-order valence-electron chi connectivity index (χ3n) is 3.10. The fourth-order valence-electron chi connectivity index (χ4n) is 1.94. The molecule has 1 fully saturated rings. The van der Waals surface area contributed by atoms with Crippen molar-refractivity contribution in [2.24, 2.45) is 5.92 Å². The highest BCUT2D eigenvalue weighted by molar-refractivity contribution is 4.89. The maximum Gasteiger partial charge on any atom is 0.0669 e. The van der Waals surface area contributed by atoms with Crippen LogP contribution >= 0.6 is 0 Å². The first-order valence-corrected chi connectivity index (χ1v) is 5.47. The van der Waals surface area contributed by atoms with Gasteiger partial charge in [-0.3, -0.25) is 0 Å². The number of nitrogens with zero attached hydrogens (tertiary/aromatic N) is 1. The Balaban J connectivity index is 2.33. The minimum absolute atomic E-state index is 0.0362. The molecule has 0 aliphatic heterocycles. The van der Waals surface area contributed by atoms with Crippen LogP contribution < -0.4 is 5.32 Å². The summed E-state index contributed by atoms with van der Waals surface area (Å²) in [7, 11) is 0. The van der Waals surface area contributed by atoms with E-state index in [1.807, 2.05) is 13.8 Å². The summed E-state index contributed by atoms with van der Waals surface area (Å²) in [5, 5.41) is 21.6. The van der Waals surface area contributed by atoms with Gasteiger partial charge in [-0.1, -0.05) is 0 Å². The summed E-state index contributed by atoms with van der Waals surface area (Å²) in [6, 6.07) is 2.85. The molecule has 4 atom stereocenters. The summed E-state index contributed by atoms with van der Waals surface area (Å²) in [6.45, 7) is 3.96. The summed E-state index contributed by atoms with van der Waals surface area (Å²) in [6.07, 6.45) is 3.83. The predicted molar refractivity (Wildman–Crippen MR) is 55.6 cm³/mol. The lowest BCUT2D eigenvalue weighted by Gasteiger charge is -2.30. The van der Waals surface area contributed by atoms with E-state index in [9.17, 15) is 5.11 Å². The molecule has 2 unspecified atom stereocenters. The van der Waals surface area contributed by atoms with Gasteiger partial charge in [0.25, 0.3) is 0 Å².